The summed E-state index contributed by atoms with van der Waals surface area (Å²) in [5.41, 5.74) is 17.8. The Kier molecular flexibility index (Phi) is 8.83. The van der Waals surface area contributed by atoms with Crippen LogP contribution in [0.15, 0.2) is 247 Å². The molecule has 3 heteroatoms. The van der Waals surface area contributed by atoms with Crippen LogP contribution in [-0.4, -0.2) is 4.57 Å². The van der Waals surface area contributed by atoms with Crippen LogP contribution in [0.1, 0.15) is 0 Å². The van der Waals surface area contributed by atoms with Crippen LogP contribution in [-0.2, 0) is 0 Å². The van der Waals surface area contributed by atoms with Gasteiger partial charge in [-0.05, 0) is 93.5 Å². The maximum atomic E-state index is 6.62. The smallest absolute Gasteiger partial charge is 0.159 e. The molecule has 3 nitrogen and oxygen atoms in total. The first-order valence-electron chi connectivity index (χ1n) is 21.5. The summed E-state index contributed by atoms with van der Waals surface area (Å²) < 4.78 is 8.99. The van der Waals surface area contributed by atoms with Gasteiger partial charge < -0.3 is 13.9 Å². The van der Waals surface area contributed by atoms with Gasteiger partial charge in [-0.1, -0.05) is 188 Å². The van der Waals surface area contributed by atoms with E-state index in [-0.39, 0.29) is 0 Å². The standard InChI is InChI=1S/C60H40N2O/c1-3-16-41(17-4-1)42-32-34-43(35-33-42)44-36-38-47(39-37-44)61(54-27-10-7-22-49(54)45-18-5-2-6-19-45)48-21-13-20-46(40-48)50-25-14-29-56-59(50)53-24-8-11-28-55(53)62(56)57-30-15-26-52-51-23-9-12-31-58(51)63-60(52)57/h1-40H. The molecule has 2 aromatic heterocycles. The number of para-hydroxylation sites is 4. The van der Waals surface area contributed by atoms with Gasteiger partial charge in [-0.25, -0.2) is 0 Å². The number of aromatic nitrogens is 1. The molecule has 10 aromatic carbocycles. The van der Waals surface area contributed by atoms with E-state index >= 15 is 0 Å². The topological polar surface area (TPSA) is 21.3 Å². The normalized spacial score (nSPS) is 11.5. The largest absolute Gasteiger partial charge is 0.454 e. The maximum Gasteiger partial charge on any atom is 0.159 e. The molecule has 0 aliphatic carbocycles. The lowest BCUT2D eigenvalue weighted by atomic mass is 9.97. The molecule has 0 unspecified atom stereocenters. The quantitative estimate of drug-likeness (QED) is 0.153. The molecule has 12 rings (SSSR count). The number of rotatable bonds is 8. The van der Waals surface area contributed by atoms with Gasteiger partial charge in [-0.15, -0.1) is 0 Å². The molecule has 0 saturated heterocycles. The number of anilines is 3. The molecule has 0 fully saturated rings. The number of furan rings is 1. The first kappa shape index (κ1) is 36.5. The Morgan fingerprint density at radius 1 is 0.333 bits per heavy atom. The van der Waals surface area contributed by atoms with Gasteiger partial charge in [0.05, 0.1) is 22.4 Å². The molecule has 0 saturated carbocycles. The van der Waals surface area contributed by atoms with Gasteiger partial charge in [0, 0.05) is 38.5 Å². The maximum absolute atomic E-state index is 6.62. The van der Waals surface area contributed by atoms with E-state index in [0.29, 0.717) is 0 Å². The summed E-state index contributed by atoms with van der Waals surface area (Å²) in [7, 11) is 0. The van der Waals surface area contributed by atoms with E-state index in [4.69, 9.17) is 4.42 Å². The third-order valence-electron chi connectivity index (χ3n) is 12.4. The summed E-state index contributed by atoms with van der Waals surface area (Å²) >= 11 is 0. The van der Waals surface area contributed by atoms with Crippen LogP contribution in [0.2, 0.25) is 0 Å². The van der Waals surface area contributed by atoms with Crippen molar-refractivity contribution in [3.8, 4) is 50.2 Å². The number of hydrogen-bond acceptors (Lipinski definition) is 2. The van der Waals surface area contributed by atoms with Crippen LogP contribution in [0.4, 0.5) is 17.1 Å². The zero-order chi connectivity index (χ0) is 41.7. The Bertz CT molecular complexity index is 3600. The van der Waals surface area contributed by atoms with E-state index in [1.807, 2.05) is 6.07 Å². The first-order chi connectivity index (χ1) is 31.3. The molecule has 0 spiro atoms. The summed E-state index contributed by atoms with van der Waals surface area (Å²) in [6.45, 7) is 0. The summed E-state index contributed by atoms with van der Waals surface area (Å²) in [5.74, 6) is 0. The van der Waals surface area contributed by atoms with Crippen molar-refractivity contribution in [2.45, 2.75) is 0 Å². The van der Waals surface area contributed by atoms with E-state index in [2.05, 4.69) is 246 Å². The van der Waals surface area contributed by atoms with Crippen molar-refractivity contribution in [3.63, 3.8) is 0 Å². The highest BCUT2D eigenvalue weighted by Gasteiger charge is 2.22. The van der Waals surface area contributed by atoms with Crippen LogP contribution in [0.25, 0.3) is 93.9 Å². The van der Waals surface area contributed by atoms with Gasteiger partial charge in [-0.2, -0.15) is 0 Å². The molecular formula is C60H40N2O. The molecule has 296 valence electrons. The number of hydrogen-bond donors (Lipinski definition) is 0. The van der Waals surface area contributed by atoms with Gasteiger partial charge >= 0.3 is 0 Å². The lowest BCUT2D eigenvalue weighted by molar-refractivity contribution is 0.666. The van der Waals surface area contributed by atoms with Gasteiger partial charge in [0.2, 0.25) is 0 Å². The minimum atomic E-state index is 0.886. The summed E-state index contributed by atoms with van der Waals surface area (Å²) in [6, 6.07) is 87.0. The Labute approximate surface area is 366 Å². The third-order valence-corrected chi connectivity index (χ3v) is 12.4. The molecule has 2 heterocycles. The minimum absolute atomic E-state index is 0.886. The fraction of sp³-hybridized carbons (Fsp3) is 0. The van der Waals surface area contributed by atoms with Crippen molar-refractivity contribution in [3.05, 3.63) is 243 Å². The van der Waals surface area contributed by atoms with Gasteiger partial charge in [0.15, 0.2) is 5.58 Å². The second-order valence-corrected chi connectivity index (χ2v) is 16.1. The van der Waals surface area contributed by atoms with Crippen LogP contribution in [0, 0.1) is 0 Å². The highest BCUT2D eigenvalue weighted by atomic mass is 16.3. The third kappa shape index (κ3) is 6.29. The fourth-order valence-electron chi connectivity index (χ4n) is 9.49. The molecular weight excluding hydrogens is 765 g/mol. The van der Waals surface area contributed by atoms with Crippen molar-refractivity contribution < 1.29 is 4.42 Å². The predicted octanol–water partition coefficient (Wildman–Crippen LogP) is 16.8. The summed E-state index contributed by atoms with van der Waals surface area (Å²) in [6.07, 6.45) is 0. The van der Waals surface area contributed by atoms with Gasteiger partial charge in [-0.3, -0.25) is 0 Å². The summed E-state index contributed by atoms with van der Waals surface area (Å²) in [4.78, 5) is 2.40. The number of nitrogens with zero attached hydrogens (tertiary/aromatic N) is 2. The Morgan fingerprint density at radius 2 is 0.873 bits per heavy atom. The monoisotopic (exact) mass is 804 g/mol. The molecule has 0 atom stereocenters. The second kappa shape index (κ2) is 15.3. The minimum Gasteiger partial charge on any atom is -0.454 e. The van der Waals surface area contributed by atoms with Crippen LogP contribution >= 0.6 is 0 Å². The SMILES string of the molecule is c1ccc(-c2ccc(-c3ccc(N(c4cccc(-c5cccc6c5c5ccccc5n6-c5cccc6c5oc5ccccc56)c4)c4ccccc4-c4ccccc4)cc3)cc2)cc1. The molecule has 12 aromatic rings. The second-order valence-electron chi connectivity index (χ2n) is 16.1. The lowest BCUT2D eigenvalue weighted by Crippen LogP contribution is -2.11. The van der Waals surface area contributed by atoms with Crippen LogP contribution in [0.5, 0.6) is 0 Å². The average molecular weight is 805 g/mol. The Balaban J connectivity index is 1.01. The first-order valence-corrected chi connectivity index (χ1v) is 21.5. The van der Waals surface area contributed by atoms with E-state index in [9.17, 15) is 0 Å². The molecule has 0 radical (unpaired) electrons. The summed E-state index contributed by atoms with van der Waals surface area (Å²) in [5, 5.41) is 4.64. The Hall–Kier alpha value is -8.40. The van der Waals surface area contributed by atoms with E-state index in [1.165, 1.54) is 44.2 Å². The van der Waals surface area contributed by atoms with Gasteiger partial charge in [0.1, 0.15) is 5.58 Å². The van der Waals surface area contributed by atoms with Crippen LogP contribution in [0.3, 0.4) is 0 Å². The zero-order valence-corrected chi connectivity index (χ0v) is 34.4. The van der Waals surface area contributed by atoms with Crippen molar-refractivity contribution in [1.82, 2.24) is 4.57 Å². The van der Waals surface area contributed by atoms with E-state index < -0.39 is 0 Å². The van der Waals surface area contributed by atoms with Crippen LogP contribution < -0.4 is 4.90 Å². The van der Waals surface area contributed by atoms with Crippen molar-refractivity contribution in [2.75, 3.05) is 4.90 Å². The fourth-order valence-corrected chi connectivity index (χ4v) is 9.49. The van der Waals surface area contributed by atoms with E-state index in [0.717, 1.165) is 66.8 Å². The van der Waals surface area contributed by atoms with E-state index in [1.54, 1.807) is 0 Å². The number of fused-ring (bicyclic) bond motifs is 6. The molecule has 0 amide bonds. The average Bonchev–Trinajstić information content (AvgIpc) is 3.91. The zero-order valence-electron chi connectivity index (χ0n) is 34.4. The Morgan fingerprint density at radius 3 is 1.65 bits per heavy atom. The lowest BCUT2D eigenvalue weighted by Gasteiger charge is -2.28. The van der Waals surface area contributed by atoms with Crippen molar-refractivity contribution in [1.29, 1.82) is 0 Å². The van der Waals surface area contributed by atoms with Gasteiger partial charge in [0.25, 0.3) is 0 Å². The molecule has 0 N–H and O–H groups in total. The van der Waals surface area contributed by atoms with Crippen molar-refractivity contribution >= 4 is 60.8 Å². The molecule has 0 aliphatic rings. The molecule has 63 heavy (non-hydrogen) atoms. The van der Waals surface area contributed by atoms with Crippen molar-refractivity contribution in [2.24, 2.45) is 0 Å². The number of benzene rings is 10. The highest BCUT2D eigenvalue weighted by Crippen LogP contribution is 2.45. The highest BCUT2D eigenvalue weighted by molar-refractivity contribution is 6.17. The molecule has 0 bridgehead atoms. The molecule has 0 aliphatic heterocycles. The predicted molar refractivity (Wildman–Crippen MR) is 264 cm³/mol.